The Morgan fingerprint density at radius 3 is 2.10 bits per heavy atom. The van der Waals surface area contributed by atoms with Crippen molar-refractivity contribution in [2.45, 2.75) is 51.1 Å². The highest BCUT2D eigenvalue weighted by Crippen LogP contribution is 2.24. The molecule has 1 N–H and O–H groups in total. The fraction of sp³-hybridized carbons (Fsp3) is 1.00. The molecule has 120 valence electrons. The van der Waals surface area contributed by atoms with Crippen LogP contribution < -0.4 is 5.32 Å². The van der Waals surface area contributed by atoms with Crippen molar-refractivity contribution >= 4 is 19.9 Å². The van der Waals surface area contributed by atoms with E-state index in [2.05, 4.69) is 12.2 Å². The summed E-state index contributed by atoms with van der Waals surface area (Å²) in [7, 11) is -5.77. The van der Waals surface area contributed by atoms with Gasteiger partial charge in [0, 0.05) is 25.4 Å². The van der Waals surface area contributed by atoms with Gasteiger partial charge in [0.05, 0.1) is 0 Å². The summed E-state index contributed by atoms with van der Waals surface area (Å²) >= 11 is 0. The van der Waals surface area contributed by atoms with E-state index in [4.69, 9.17) is 0 Å². The average molecular weight is 326 g/mol. The van der Waals surface area contributed by atoms with Crippen LogP contribution >= 0.6 is 0 Å². The topological polar surface area (TPSA) is 83.6 Å². The van der Waals surface area contributed by atoms with Crippen LogP contribution in [-0.2, 0) is 19.9 Å². The summed E-state index contributed by atoms with van der Waals surface area (Å²) in [5, 5.41) is 2.64. The molecule has 0 heterocycles. The van der Waals surface area contributed by atoms with E-state index in [1.54, 1.807) is 0 Å². The maximum absolute atomic E-state index is 12.0. The number of rotatable bonds is 7. The Kier molecular flexibility index (Phi) is 6.43. The number of nitrogens with one attached hydrogen (secondary N) is 1. The van der Waals surface area contributed by atoms with Crippen molar-refractivity contribution < 1.29 is 16.8 Å². The van der Waals surface area contributed by atoms with E-state index in [1.165, 1.54) is 11.4 Å². The molecule has 0 aromatic rings. The summed E-state index contributed by atoms with van der Waals surface area (Å²) in [6.45, 7) is 3.10. The first-order valence-corrected chi connectivity index (χ1v) is 10.7. The zero-order valence-corrected chi connectivity index (χ0v) is 14.1. The van der Waals surface area contributed by atoms with Crippen LogP contribution in [0.3, 0.4) is 0 Å². The number of sulfonamides is 1. The average Bonchev–Trinajstić information content (AvgIpc) is 2.33. The van der Waals surface area contributed by atoms with E-state index < -0.39 is 24.9 Å². The molecule has 1 saturated carbocycles. The van der Waals surface area contributed by atoms with Crippen LogP contribution in [0.15, 0.2) is 0 Å². The molecular weight excluding hydrogens is 300 g/mol. The minimum atomic E-state index is -3.73. The second-order valence-electron chi connectivity index (χ2n) is 5.63. The summed E-state index contributed by atoms with van der Waals surface area (Å²) in [6.07, 6.45) is 5.46. The maximum atomic E-state index is 12.0. The summed E-state index contributed by atoms with van der Waals surface area (Å²) in [4.78, 5) is 0. The van der Waals surface area contributed by atoms with Crippen LogP contribution in [-0.4, -0.2) is 58.2 Å². The second kappa shape index (κ2) is 7.20. The quantitative estimate of drug-likeness (QED) is 0.739. The first-order chi connectivity index (χ1) is 9.15. The zero-order chi connectivity index (χ0) is 15.4. The van der Waals surface area contributed by atoms with E-state index in [0.717, 1.165) is 44.9 Å². The van der Waals surface area contributed by atoms with E-state index in [9.17, 15) is 16.8 Å². The van der Waals surface area contributed by atoms with Crippen LogP contribution in [0.1, 0.15) is 39.0 Å². The molecule has 0 bridgehead atoms. The van der Waals surface area contributed by atoms with E-state index in [1.807, 2.05) is 0 Å². The molecule has 6 nitrogen and oxygen atoms in total. The minimum absolute atomic E-state index is 0.0820. The van der Waals surface area contributed by atoms with Gasteiger partial charge in [-0.25, -0.2) is 21.1 Å². The molecule has 1 fully saturated rings. The summed E-state index contributed by atoms with van der Waals surface area (Å²) in [5.74, 6) is 0. The third-order valence-electron chi connectivity index (χ3n) is 3.70. The van der Waals surface area contributed by atoms with Crippen molar-refractivity contribution in [3.8, 4) is 0 Å². The lowest BCUT2D eigenvalue weighted by Gasteiger charge is -2.34. The Hall–Kier alpha value is -0.180. The molecule has 20 heavy (non-hydrogen) atoms. The van der Waals surface area contributed by atoms with E-state index in [-0.39, 0.29) is 6.04 Å². The molecule has 0 radical (unpaired) electrons. The molecule has 0 spiro atoms. The highest BCUT2D eigenvalue weighted by molar-refractivity contribution is 8.06. The first kappa shape index (κ1) is 17.9. The molecule has 0 aromatic carbocycles. The van der Waals surface area contributed by atoms with Gasteiger partial charge < -0.3 is 5.32 Å². The van der Waals surface area contributed by atoms with Crippen molar-refractivity contribution in [2.24, 2.45) is 0 Å². The molecule has 0 aliphatic heterocycles. The van der Waals surface area contributed by atoms with Crippen LogP contribution in [0.5, 0.6) is 0 Å². The van der Waals surface area contributed by atoms with Crippen molar-refractivity contribution in [3.63, 3.8) is 0 Å². The van der Waals surface area contributed by atoms with Gasteiger partial charge in [0.15, 0.2) is 14.9 Å². The summed E-state index contributed by atoms with van der Waals surface area (Å²) < 4.78 is 47.7. The number of hydrogen-bond acceptors (Lipinski definition) is 5. The van der Waals surface area contributed by atoms with Gasteiger partial charge >= 0.3 is 0 Å². The standard InChI is InChI=1S/C12H26N2O4S2/c1-4-9-13-11-5-7-12(8-6-11)14(2)20(17,18)10-19(3,15)16/h11-13H,4-10H2,1-3H3. The van der Waals surface area contributed by atoms with Gasteiger partial charge in [-0.2, -0.15) is 0 Å². The van der Waals surface area contributed by atoms with Crippen molar-refractivity contribution in [2.75, 3.05) is 24.9 Å². The number of nitrogens with zero attached hydrogens (tertiary/aromatic N) is 1. The monoisotopic (exact) mass is 326 g/mol. The van der Waals surface area contributed by atoms with Crippen molar-refractivity contribution in [1.82, 2.24) is 9.62 Å². The maximum Gasteiger partial charge on any atom is 0.228 e. The lowest BCUT2D eigenvalue weighted by Crippen LogP contribution is -2.44. The van der Waals surface area contributed by atoms with Crippen LogP contribution in [0.4, 0.5) is 0 Å². The Morgan fingerprint density at radius 2 is 1.65 bits per heavy atom. The number of sulfone groups is 1. The van der Waals surface area contributed by atoms with Crippen LogP contribution in [0.2, 0.25) is 0 Å². The van der Waals surface area contributed by atoms with Crippen molar-refractivity contribution in [1.29, 1.82) is 0 Å². The fourth-order valence-electron chi connectivity index (χ4n) is 2.57. The predicted molar refractivity (Wildman–Crippen MR) is 80.7 cm³/mol. The Morgan fingerprint density at radius 1 is 1.10 bits per heavy atom. The summed E-state index contributed by atoms with van der Waals surface area (Å²) in [5.41, 5.74) is 0. The van der Waals surface area contributed by atoms with Gasteiger partial charge in [0.25, 0.3) is 0 Å². The molecule has 1 aliphatic rings. The minimum Gasteiger partial charge on any atom is -0.314 e. The van der Waals surface area contributed by atoms with E-state index in [0.29, 0.717) is 6.04 Å². The molecule has 0 atom stereocenters. The second-order valence-corrected chi connectivity index (χ2v) is 10.2. The molecule has 0 unspecified atom stereocenters. The van der Waals surface area contributed by atoms with Crippen LogP contribution in [0.25, 0.3) is 0 Å². The third-order valence-corrected chi connectivity index (χ3v) is 7.78. The first-order valence-electron chi connectivity index (χ1n) is 7.02. The fourth-order valence-corrected chi connectivity index (χ4v) is 6.07. The number of hydrogen-bond donors (Lipinski definition) is 1. The molecular formula is C12H26N2O4S2. The highest BCUT2D eigenvalue weighted by Gasteiger charge is 2.32. The molecule has 8 heteroatoms. The molecule has 1 rings (SSSR count). The van der Waals surface area contributed by atoms with Gasteiger partial charge in [-0.15, -0.1) is 0 Å². The highest BCUT2D eigenvalue weighted by atomic mass is 32.3. The smallest absolute Gasteiger partial charge is 0.228 e. The lowest BCUT2D eigenvalue weighted by molar-refractivity contribution is 0.250. The van der Waals surface area contributed by atoms with Crippen molar-refractivity contribution in [3.05, 3.63) is 0 Å². The summed E-state index contributed by atoms with van der Waals surface area (Å²) in [6, 6.07) is 0.374. The molecule has 0 saturated heterocycles. The molecule has 1 aliphatic carbocycles. The van der Waals surface area contributed by atoms with Gasteiger partial charge in [-0.3, -0.25) is 0 Å². The largest absolute Gasteiger partial charge is 0.314 e. The van der Waals surface area contributed by atoms with Crippen LogP contribution in [0, 0.1) is 0 Å². The molecule has 0 amide bonds. The van der Waals surface area contributed by atoms with Gasteiger partial charge in [-0.1, -0.05) is 6.92 Å². The van der Waals surface area contributed by atoms with Gasteiger partial charge in [0.2, 0.25) is 10.0 Å². The SMILES string of the molecule is CCCNC1CCC(N(C)S(=O)(=O)CS(C)(=O)=O)CC1. The Balaban J connectivity index is 2.56. The normalized spacial score (nSPS) is 25.0. The Labute approximate surface area is 122 Å². The third kappa shape index (κ3) is 5.67. The molecule has 0 aromatic heterocycles. The predicted octanol–water partition coefficient (Wildman–Crippen LogP) is 0.561. The van der Waals surface area contributed by atoms with E-state index >= 15 is 0 Å². The lowest BCUT2D eigenvalue weighted by atomic mass is 9.91. The van der Waals surface area contributed by atoms with Gasteiger partial charge in [-0.05, 0) is 38.6 Å². The van der Waals surface area contributed by atoms with Gasteiger partial charge in [0.1, 0.15) is 0 Å². The Bertz CT molecular complexity index is 494. The zero-order valence-electron chi connectivity index (χ0n) is 12.5.